The summed E-state index contributed by atoms with van der Waals surface area (Å²) < 4.78 is 1.76. The zero-order chi connectivity index (χ0) is 16.8. The van der Waals surface area contributed by atoms with Crippen molar-refractivity contribution in [3.05, 3.63) is 52.3 Å². The van der Waals surface area contributed by atoms with E-state index in [4.69, 9.17) is 4.98 Å². The number of nitrogens with one attached hydrogen (secondary N) is 1. The molecule has 0 spiro atoms. The van der Waals surface area contributed by atoms with Gasteiger partial charge in [-0.15, -0.1) is 0 Å². The van der Waals surface area contributed by atoms with E-state index in [1.54, 1.807) is 4.68 Å². The number of ketones is 1. The normalized spacial score (nSPS) is 13.5. The Morgan fingerprint density at radius 3 is 2.83 bits per heavy atom. The van der Waals surface area contributed by atoms with Crippen LogP contribution in [0.25, 0.3) is 11.0 Å². The van der Waals surface area contributed by atoms with Gasteiger partial charge in [-0.05, 0) is 32.3 Å². The first-order chi connectivity index (χ1) is 11.6. The highest BCUT2D eigenvalue weighted by Gasteiger charge is 2.27. The van der Waals surface area contributed by atoms with Gasteiger partial charge in [0, 0.05) is 24.7 Å². The van der Waals surface area contributed by atoms with Crippen molar-refractivity contribution in [2.45, 2.75) is 26.7 Å². The predicted octanol–water partition coefficient (Wildman–Crippen LogP) is 3.04. The van der Waals surface area contributed by atoms with E-state index in [0.29, 0.717) is 5.69 Å². The molecule has 4 rings (SSSR count). The Bertz CT molecular complexity index is 971. The van der Waals surface area contributed by atoms with Gasteiger partial charge in [-0.25, -0.2) is 4.98 Å². The quantitative estimate of drug-likeness (QED) is 0.788. The molecule has 2 aromatic heterocycles. The molecule has 5 nitrogen and oxygen atoms in total. The molecule has 0 unspecified atom stereocenters. The molecular formula is C19H20N4O. The van der Waals surface area contributed by atoms with Gasteiger partial charge in [-0.2, -0.15) is 5.10 Å². The molecule has 0 amide bonds. The average Bonchev–Trinajstić information content (AvgIpc) is 2.78. The van der Waals surface area contributed by atoms with Crippen LogP contribution in [0.5, 0.6) is 0 Å². The molecule has 1 aromatic carbocycles. The summed E-state index contributed by atoms with van der Waals surface area (Å²) in [5.74, 6) is 0.0120. The molecule has 1 N–H and O–H groups in total. The lowest BCUT2D eigenvalue weighted by atomic mass is 10.0. The summed E-state index contributed by atoms with van der Waals surface area (Å²) in [5.41, 5.74) is 6.16. The third kappa shape index (κ3) is 2.04. The first-order valence-electron chi connectivity index (χ1n) is 8.34. The SMILES string of the molecule is CCNc1c2c(nc3c1c(C)nn3C)C(=O)c1ccccc1CC2. The molecule has 5 heteroatoms. The third-order valence-electron chi connectivity index (χ3n) is 4.72. The summed E-state index contributed by atoms with van der Waals surface area (Å²) >= 11 is 0. The topological polar surface area (TPSA) is 59.8 Å². The van der Waals surface area contributed by atoms with Gasteiger partial charge in [-0.1, -0.05) is 24.3 Å². The lowest BCUT2D eigenvalue weighted by molar-refractivity contribution is 0.103. The number of nitrogens with zero attached hydrogens (tertiary/aromatic N) is 3. The number of carbonyl (C=O) groups is 1. The van der Waals surface area contributed by atoms with E-state index in [9.17, 15) is 4.79 Å². The number of anilines is 1. The lowest BCUT2D eigenvalue weighted by Gasteiger charge is -2.14. The molecule has 0 bridgehead atoms. The van der Waals surface area contributed by atoms with E-state index >= 15 is 0 Å². The molecule has 24 heavy (non-hydrogen) atoms. The molecule has 1 aliphatic carbocycles. The van der Waals surface area contributed by atoms with Crippen LogP contribution < -0.4 is 5.32 Å². The van der Waals surface area contributed by atoms with E-state index < -0.39 is 0 Å². The Kier molecular flexibility index (Phi) is 3.37. The van der Waals surface area contributed by atoms with E-state index in [0.717, 1.165) is 58.5 Å². The van der Waals surface area contributed by atoms with Crippen molar-refractivity contribution in [3.63, 3.8) is 0 Å². The fraction of sp³-hybridized carbons (Fsp3) is 0.316. The fourth-order valence-corrected chi connectivity index (χ4v) is 3.66. The monoisotopic (exact) mass is 320 g/mol. The fourth-order valence-electron chi connectivity index (χ4n) is 3.66. The molecule has 0 saturated carbocycles. The van der Waals surface area contributed by atoms with Crippen LogP contribution in [0.2, 0.25) is 0 Å². The van der Waals surface area contributed by atoms with Gasteiger partial charge in [0.25, 0.3) is 0 Å². The van der Waals surface area contributed by atoms with E-state index in [-0.39, 0.29) is 5.78 Å². The maximum Gasteiger partial charge on any atom is 0.212 e. The number of fused-ring (bicyclic) bond motifs is 3. The maximum absolute atomic E-state index is 13.1. The summed E-state index contributed by atoms with van der Waals surface area (Å²) in [6.45, 7) is 4.85. The first kappa shape index (κ1) is 14.9. The molecule has 0 aliphatic heterocycles. The van der Waals surface area contributed by atoms with Crippen LogP contribution in [0.3, 0.4) is 0 Å². The first-order valence-corrected chi connectivity index (χ1v) is 8.34. The van der Waals surface area contributed by atoms with Crippen molar-refractivity contribution in [1.82, 2.24) is 14.8 Å². The minimum atomic E-state index is 0.0120. The molecule has 3 aromatic rings. The number of rotatable bonds is 2. The summed E-state index contributed by atoms with van der Waals surface area (Å²) in [6, 6.07) is 7.85. The van der Waals surface area contributed by atoms with Crippen molar-refractivity contribution in [2.24, 2.45) is 7.05 Å². The second-order valence-electron chi connectivity index (χ2n) is 6.24. The number of hydrogen-bond donors (Lipinski definition) is 1. The van der Waals surface area contributed by atoms with Crippen molar-refractivity contribution in [1.29, 1.82) is 0 Å². The van der Waals surface area contributed by atoms with Crippen LogP contribution in [0.4, 0.5) is 5.69 Å². The minimum absolute atomic E-state index is 0.0120. The molecule has 0 saturated heterocycles. The second kappa shape index (κ2) is 5.44. The highest BCUT2D eigenvalue weighted by molar-refractivity contribution is 6.13. The van der Waals surface area contributed by atoms with Crippen LogP contribution in [0, 0.1) is 6.92 Å². The minimum Gasteiger partial charge on any atom is -0.384 e. The Labute approximate surface area is 140 Å². The van der Waals surface area contributed by atoms with E-state index in [1.165, 1.54) is 0 Å². The van der Waals surface area contributed by atoms with Gasteiger partial charge in [0.1, 0.15) is 5.69 Å². The molecule has 2 heterocycles. The van der Waals surface area contributed by atoms with Gasteiger partial charge in [0.2, 0.25) is 5.78 Å². The Hall–Kier alpha value is -2.69. The Morgan fingerprint density at radius 2 is 2.04 bits per heavy atom. The Morgan fingerprint density at radius 1 is 1.25 bits per heavy atom. The zero-order valence-corrected chi connectivity index (χ0v) is 14.2. The summed E-state index contributed by atoms with van der Waals surface area (Å²) in [4.78, 5) is 17.9. The van der Waals surface area contributed by atoms with Crippen LogP contribution in [-0.2, 0) is 19.9 Å². The molecule has 0 fully saturated rings. The van der Waals surface area contributed by atoms with Crippen LogP contribution in [0.15, 0.2) is 24.3 Å². The van der Waals surface area contributed by atoms with Gasteiger partial charge >= 0.3 is 0 Å². The van der Waals surface area contributed by atoms with E-state index in [1.807, 2.05) is 38.2 Å². The zero-order valence-electron chi connectivity index (χ0n) is 14.2. The standard InChI is InChI=1S/C19H20N4O/c1-4-20-16-14-10-9-12-7-5-6-8-13(12)18(24)17(14)21-19-15(16)11(2)22-23(19)3/h5-8H,4,9-10H2,1-3H3,(H,20,21). The van der Waals surface area contributed by atoms with Gasteiger partial charge in [-0.3, -0.25) is 9.48 Å². The summed E-state index contributed by atoms with van der Waals surface area (Å²) in [5, 5.41) is 8.99. The van der Waals surface area contributed by atoms with Crippen LogP contribution in [0.1, 0.15) is 39.8 Å². The number of aryl methyl sites for hydroxylation is 3. The van der Waals surface area contributed by atoms with Gasteiger partial charge in [0.05, 0.1) is 16.8 Å². The molecular weight excluding hydrogens is 300 g/mol. The number of hydrogen-bond acceptors (Lipinski definition) is 4. The van der Waals surface area contributed by atoms with Crippen molar-refractivity contribution in [2.75, 3.05) is 11.9 Å². The maximum atomic E-state index is 13.1. The molecule has 122 valence electrons. The van der Waals surface area contributed by atoms with Crippen LogP contribution in [-0.4, -0.2) is 27.1 Å². The smallest absolute Gasteiger partial charge is 0.212 e. The summed E-state index contributed by atoms with van der Waals surface area (Å²) in [7, 11) is 1.87. The average molecular weight is 320 g/mol. The van der Waals surface area contributed by atoms with Gasteiger partial charge in [0.15, 0.2) is 5.65 Å². The lowest BCUT2D eigenvalue weighted by Crippen LogP contribution is -2.11. The molecule has 0 radical (unpaired) electrons. The number of benzene rings is 1. The van der Waals surface area contributed by atoms with Gasteiger partial charge < -0.3 is 5.32 Å². The largest absolute Gasteiger partial charge is 0.384 e. The summed E-state index contributed by atoms with van der Waals surface area (Å²) in [6.07, 6.45) is 1.65. The van der Waals surface area contributed by atoms with Crippen molar-refractivity contribution >= 4 is 22.5 Å². The number of carbonyl (C=O) groups excluding carboxylic acids is 1. The third-order valence-corrected chi connectivity index (χ3v) is 4.72. The highest BCUT2D eigenvalue weighted by Crippen LogP contribution is 2.35. The highest BCUT2D eigenvalue weighted by atomic mass is 16.1. The second-order valence-corrected chi connectivity index (χ2v) is 6.24. The predicted molar refractivity (Wildman–Crippen MR) is 94.7 cm³/mol. The van der Waals surface area contributed by atoms with Crippen LogP contribution >= 0.6 is 0 Å². The van der Waals surface area contributed by atoms with Crippen molar-refractivity contribution in [3.8, 4) is 0 Å². The number of aromatic nitrogens is 3. The Balaban J connectivity index is 2.06. The van der Waals surface area contributed by atoms with Crippen molar-refractivity contribution < 1.29 is 4.79 Å². The molecule has 0 atom stereocenters. The van der Waals surface area contributed by atoms with E-state index in [2.05, 4.69) is 17.3 Å². The number of pyridine rings is 1. The molecule has 1 aliphatic rings.